The van der Waals surface area contributed by atoms with Gasteiger partial charge in [-0.05, 0) is 36.5 Å². The summed E-state index contributed by atoms with van der Waals surface area (Å²) in [5.41, 5.74) is 0. The van der Waals surface area contributed by atoms with Crippen molar-refractivity contribution < 1.29 is 17.9 Å². The van der Waals surface area contributed by atoms with E-state index in [-0.39, 0.29) is 5.75 Å². The number of ether oxygens (including phenoxy) is 1. The molecule has 0 aliphatic heterocycles. The van der Waals surface area contributed by atoms with E-state index in [4.69, 9.17) is 11.6 Å². The molecule has 6 heteroatoms. The van der Waals surface area contributed by atoms with E-state index in [2.05, 4.69) is 17.0 Å². The van der Waals surface area contributed by atoms with Crippen molar-refractivity contribution in [3.05, 3.63) is 29.3 Å². The van der Waals surface area contributed by atoms with Gasteiger partial charge in [-0.2, -0.15) is 13.2 Å². The Labute approximate surface area is 88.4 Å². The van der Waals surface area contributed by atoms with E-state index >= 15 is 0 Å². The van der Waals surface area contributed by atoms with Crippen LogP contribution in [0.4, 0.5) is 13.2 Å². The predicted molar refractivity (Wildman–Crippen MR) is 50.7 cm³/mol. The van der Waals surface area contributed by atoms with E-state index in [9.17, 15) is 13.2 Å². The molecule has 0 aliphatic carbocycles. The lowest BCUT2D eigenvalue weighted by atomic mass is 10.3. The van der Waals surface area contributed by atoms with Crippen LogP contribution in [-0.4, -0.2) is 11.2 Å². The number of thiocarbonyl (C=S) groups is 1. The van der Waals surface area contributed by atoms with E-state index < -0.39 is 11.2 Å². The monoisotopic (exact) mass is 240 g/mol. The maximum atomic E-state index is 11.9. The van der Waals surface area contributed by atoms with Crippen molar-refractivity contribution in [3.8, 4) is 5.75 Å². The van der Waals surface area contributed by atoms with Gasteiger partial charge in [-0.25, -0.2) is 0 Å². The van der Waals surface area contributed by atoms with Crippen molar-refractivity contribution in [2.45, 2.75) is 6.18 Å². The van der Waals surface area contributed by atoms with Crippen LogP contribution in [0.5, 0.6) is 5.75 Å². The molecule has 0 unspecified atom stereocenters. The van der Waals surface area contributed by atoms with Gasteiger partial charge in [-0.1, -0.05) is 11.6 Å². The average Bonchev–Trinajstić information content (AvgIpc) is 2.07. The molecule has 1 aromatic rings. The van der Waals surface area contributed by atoms with Crippen LogP contribution in [0.25, 0.3) is 0 Å². The van der Waals surface area contributed by atoms with Gasteiger partial charge in [0.05, 0.1) is 0 Å². The SMILES string of the molecule is FC(F)(F)C(=S)Oc1ccc(Cl)cc1. The van der Waals surface area contributed by atoms with Crippen LogP contribution in [-0.2, 0) is 0 Å². The Morgan fingerprint density at radius 3 is 2.14 bits per heavy atom. The Morgan fingerprint density at radius 2 is 1.71 bits per heavy atom. The molecule has 0 amide bonds. The van der Waals surface area contributed by atoms with Gasteiger partial charge in [-0.15, -0.1) is 0 Å². The Morgan fingerprint density at radius 1 is 1.21 bits per heavy atom. The van der Waals surface area contributed by atoms with E-state index in [1.807, 2.05) is 0 Å². The quantitative estimate of drug-likeness (QED) is 0.694. The number of hydrogen-bond acceptors (Lipinski definition) is 2. The molecule has 0 N–H and O–H groups in total. The highest BCUT2D eigenvalue weighted by molar-refractivity contribution is 7.80. The molecule has 76 valence electrons. The first-order chi connectivity index (χ1) is 6.39. The molecule has 0 bridgehead atoms. The molecule has 0 fully saturated rings. The van der Waals surface area contributed by atoms with Crippen LogP contribution in [0.3, 0.4) is 0 Å². The molecule has 0 saturated carbocycles. The smallest absolute Gasteiger partial charge is 0.442 e. The molecule has 0 radical (unpaired) electrons. The summed E-state index contributed by atoms with van der Waals surface area (Å²) in [5.74, 6) is 0.0109. The Hall–Kier alpha value is -0.810. The lowest BCUT2D eigenvalue weighted by Crippen LogP contribution is -2.25. The van der Waals surface area contributed by atoms with E-state index in [1.54, 1.807) is 0 Å². The van der Waals surface area contributed by atoms with E-state index in [1.165, 1.54) is 24.3 Å². The van der Waals surface area contributed by atoms with Crippen LogP contribution < -0.4 is 4.74 Å². The number of rotatable bonds is 1. The zero-order valence-electron chi connectivity index (χ0n) is 6.64. The first kappa shape index (κ1) is 11.3. The second-order valence-electron chi connectivity index (χ2n) is 2.34. The fourth-order valence-corrected chi connectivity index (χ4v) is 0.890. The van der Waals surface area contributed by atoms with Crippen LogP contribution in [0, 0.1) is 0 Å². The molecule has 0 aliphatic rings. The number of hydrogen-bond donors (Lipinski definition) is 0. The predicted octanol–water partition coefficient (Wildman–Crippen LogP) is 3.61. The molecule has 1 aromatic carbocycles. The highest BCUT2D eigenvalue weighted by atomic mass is 35.5. The van der Waals surface area contributed by atoms with Gasteiger partial charge in [0.15, 0.2) is 0 Å². The fourth-order valence-electron chi connectivity index (χ4n) is 0.668. The molecule has 0 aromatic heterocycles. The summed E-state index contributed by atoms with van der Waals surface area (Å²) in [6, 6.07) is 5.44. The van der Waals surface area contributed by atoms with Gasteiger partial charge in [0.1, 0.15) is 5.75 Å². The maximum absolute atomic E-state index is 11.9. The third kappa shape index (κ3) is 3.16. The molecule has 0 saturated heterocycles. The average molecular weight is 241 g/mol. The summed E-state index contributed by atoms with van der Waals surface area (Å²) in [6.45, 7) is 0. The van der Waals surface area contributed by atoms with Crippen molar-refractivity contribution in [3.63, 3.8) is 0 Å². The maximum Gasteiger partial charge on any atom is 0.460 e. The van der Waals surface area contributed by atoms with E-state index in [0.717, 1.165) is 0 Å². The Bertz CT molecular complexity index is 333. The normalized spacial score (nSPS) is 11.1. The zero-order valence-corrected chi connectivity index (χ0v) is 8.21. The second kappa shape index (κ2) is 4.14. The van der Waals surface area contributed by atoms with Gasteiger partial charge in [0.2, 0.25) is 0 Å². The van der Waals surface area contributed by atoms with Gasteiger partial charge in [0.25, 0.3) is 5.05 Å². The van der Waals surface area contributed by atoms with E-state index in [0.29, 0.717) is 5.02 Å². The minimum Gasteiger partial charge on any atom is -0.442 e. The van der Waals surface area contributed by atoms with Crippen LogP contribution in [0.15, 0.2) is 24.3 Å². The lowest BCUT2D eigenvalue weighted by molar-refractivity contribution is -0.0676. The minimum absolute atomic E-state index is 0.0109. The van der Waals surface area contributed by atoms with Crippen molar-refractivity contribution in [1.29, 1.82) is 0 Å². The second-order valence-corrected chi connectivity index (χ2v) is 3.15. The van der Waals surface area contributed by atoms with Crippen molar-refractivity contribution >= 4 is 28.9 Å². The van der Waals surface area contributed by atoms with Gasteiger partial charge in [0, 0.05) is 5.02 Å². The zero-order chi connectivity index (χ0) is 10.8. The lowest BCUT2D eigenvalue weighted by Gasteiger charge is -2.09. The molecular formula is C8H4ClF3OS. The number of alkyl halides is 3. The summed E-state index contributed by atoms with van der Waals surface area (Å²) < 4.78 is 40.1. The van der Waals surface area contributed by atoms with Crippen LogP contribution in [0.2, 0.25) is 5.02 Å². The third-order valence-electron chi connectivity index (χ3n) is 1.26. The minimum atomic E-state index is -4.62. The van der Waals surface area contributed by atoms with Crippen molar-refractivity contribution in [2.24, 2.45) is 0 Å². The topological polar surface area (TPSA) is 9.23 Å². The summed E-state index contributed by atoms with van der Waals surface area (Å²) in [7, 11) is 0. The molecule has 1 nitrogen and oxygen atoms in total. The molecule has 0 heterocycles. The summed E-state index contributed by atoms with van der Waals surface area (Å²) in [6.07, 6.45) is -4.62. The highest BCUT2D eigenvalue weighted by Crippen LogP contribution is 2.22. The number of halogens is 4. The van der Waals surface area contributed by atoms with Crippen molar-refractivity contribution in [1.82, 2.24) is 0 Å². The molecule has 0 spiro atoms. The third-order valence-corrected chi connectivity index (χ3v) is 1.82. The Kier molecular flexibility index (Phi) is 3.34. The summed E-state index contributed by atoms with van der Waals surface area (Å²) in [5, 5.41) is -1.00. The highest BCUT2D eigenvalue weighted by Gasteiger charge is 2.36. The first-order valence-electron chi connectivity index (χ1n) is 3.44. The standard InChI is InChI=1S/C8H4ClF3OS/c9-5-1-3-6(4-2-5)13-7(14)8(10,11)12/h1-4H. The summed E-state index contributed by atoms with van der Waals surface area (Å²) >= 11 is 9.55. The first-order valence-corrected chi connectivity index (χ1v) is 4.23. The molecular weight excluding hydrogens is 237 g/mol. The Balaban J connectivity index is 2.71. The molecule has 0 atom stereocenters. The number of benzene rings is 1. The largest absolute Gasteiger partial charge is 0.460 e. The van der Waals surface area contributed by atoms with Crippen molar-refractivity contribution in [2.75, 3.05) is 0 Å². The summed E-state index contributed by atoms with van der Waals surface area (Å²) in [4.78, 5) is 0. The van der Waals surface area contributed by atoms with Gasteiger partial charge in [-0.3, -0.25) is 0 Å². The molecule has 14 heavy (non-hydrogen) atoms. The fraction of sp³-hybridized carbons (Fsp3) is 0.125. The van der Waals surface area contributed by atoms with Gasteiger partial charge < -0.3 is 4.74 Å². The molecule has 1 rings (SSSR count). The van der Waals surface area contributed by atoms with Gasteiger partial charge >= 0.3 is 6.18 Å². The van der Waals surface area contributed by atoms with Crippen LogP contribution in [0.1, 0.15) is 0 Å². The van der Waals surface area contributed by atoms with Crippen LogP contribution >= 0.6 is 23.8 Å².